The van der Waals surface area contributed by atoms with Gasteiger partial charge >= 0.3 is 0 Å². The molecule has 2 aliphatic rings. The van der Waals surface area contributed by atoms with Crippen LogP contribution in [-0.4, -0.2) is 51.5 Å². The average molecular weight is 406 g/mol. The molecule has 0 bridgehead atoms. The fraction of sp³-hybridized carbons (Fsp3) is 0.550. The molecule has 0 aliphatic carbocycles. The number of benzene rings is 1. The van der Waals surface area contributed by atoms with Crippen molar-refractivity contribution in [3.8, 4) is 0 Å². The van der Waals surface area contributed by atoms with E-state index in [0.717, 1.165) is 39.0 Å². The van der Waals surface area contributed by atoms with E-state index in [-0.39, 0.29) is 24.4 Å². The number of fused-ring (bicyclic) bond motifs is 1. The lowest BCUT2D eigenvalue weighted by molar-refractivity contribution is -0.131. The minimum atomic E-state index is 0. The topological polar surface area (TPSA) is 74.5 Å². The summed E-state index contributed by atoms with van der Waals surface area (Å²) in [5.41, 5.74) is 4.08. The molecule has 0 radical (unpaired) electrons. The molecule has 0 spiro atoms. The summed E-state index contributed by atoms with van der Waals surface area (Å²) in [7, 11) is 0. The highest BCUT2D eigenvalue weighted by Gasteiger charge is 2.31. The summed E-state index contributed by atoms with van der Waals surface area (Å²) in [6.07, 6.45) is 2.79. The molecule has 1 unspecified atom stereocenters. The normalized spacial score (nSPS) is 18.4. The van der Waals surface area contributed by atoms with Gasteiger partial charge in [0.15, 0.2) is 5.82 Å². The molecule has 0 saturated carbocycles. The molecule has 7 nitrogen and oxygen atoms in total. The predicted molar refractivity (Wildman–Crippen MR) is 109 cm³/mol. The highest BCUT2D eigenvalue weighted by atomic mass is 35.5. The number of hydrogen-bond acceptors (Lipinski definition) is 6. The number of likely N-dealkylation sites (tertiary alicyclic amines) is 1. The molecule has 1 fully saturated rings. The van der Waals surface area contributed by atoms with Gasteiger partial charge in [0.2, 0.25) is 11.8 Å². The number of nitrogens with zero attached hydrogens (tertiary/aromatic N) is 4. The third-order valence-corrected chi connectivity index (χ3v) is 5.54. The molecule has 3 heterocycles. The number of carbonyl (C=O) groups is 1. The Morgan fingerprint density at radius 3 is 3.04 bits per heavy atom. The number of nitrogens with one attached hydrogen (secondary N) is 1. The molecular weight excluding hydrogens is 378 g/mol. The fourth-order valence-electron chi connectivity index (χ4n) is 4.14. The van der Waals surface area contributed by atoms with Crippen LogP contribution in [0.2, 0.25) is 0 Å². The number of carbonyl (C=O) groups excluding carboxylic acids is 1. The highest BCUT2D eigenvalue weighted by Crippen LogP contribution is 2.29. The number of halogens is 1. The quantitative estimate of drug-likeness (QED) is 0.796. The fourth-order valence-corrected chi connectivity index (χ4v) is 4.14. The number of anilines is 1. The summed E-state index contributed by atoms with van der Waals surface area (Å²) in [6.45, 7) is 7.83. The van der Waals surface area contributed by atoms with E-state index in [2.05, 4.69) is 38.6 Å². The molecule has 1 saturated heterocycles. The lowest BCUT2D eigenvalue weighted by Crippen LogP contribution is -2.40. The summed E-state index contributed by atoms with van der Waals surface area (Å²) in [6, 6.07) is 6.76. The number of para-hydroxylation sites is 1. The molecule has 2 aromatic rings. The van der Waals surface area contributed by atoms with Crippen LogP contribution in [0, 0.1) is 0 Å². The zero-order chi connectivity index (χ0) is 18.8. The van der Waals surface area contributed by atoms with Crippen molar-refractivity contribution in [3.05, 3.63) is 41.0 Å². The van der Waals surface area contributed by atoms with Crippen molar-refractivity contribution < 1.29 is 9.32 Å². The van der Waals surface area contributed by atoms with E-state index < -0.39 is 0 Å². The number of aromatic nitrogens is 2. The van der Waals surface area contributed by atoms with Crippen LogP contribution in [0.15, 0.2) is 22.7 Å². The van der Waals surface area contributed by atoms with Crippen molar-refractivity contribution >= 4 is 24.0 Å². The molecule has 1 aromatic heterocycles. The minimum absolute atomic E-state index is 0. The molecule has 28 heavy (non-hydrogen) atoms. The van der Waals surface area contributed by atoms with E-state index in [9.17, 15) is 4.79 Å². The average Bonchev–Trinajstić information content (AvgIpc) is 3.40. The number of aryl methyl sites for hydroxylation is 1. The van der Waals surface area contributed by atoms with Gasteiger partial charge in [0.25, 0.3) is 0 Å². The predicted octanol–water partition coefficient (Wildman–Crippen LogP) is 2.64. The lowest BCUT2D eigenvalue weighted by Gasteiger charge is -2.27. The lowest BCUT2D eigenvalue weighted by atomic mass is 10.1. The Morgan fingerprint density at radius 2 is 2.29 bits per heavy atom. The first-order valence-electron chi connectivity index (χ1n) is 9.79. The first-order valence-corrected chi connectivity index (χ1v) is 9.79. The molecule has 1 amide bonds. The second kappa shape index (κ2) is 8.92. The Hall–Kier alpha value is -2.12. The number of hydrogen-bond donors (Lipinski definition) is 1. The Balaban J connectivity index is 0.00000225. The minimum Gasteiger partial charge on any atom is -0.384 e. The molecule has 1 N–H and O–H groups in total. The van der Waals surface area contributed by atoms with Crippen LogP contribution >= 0.6 is 12.4 Å². The number of rotatable bonds is 6. The SMILES string of the molecule is CCc1nc(CN(C(C)=O)C2CCN(Cc3cccc4c3NCC4)C2)no1.Cl. The first-order chi connectivity index (χ1) is 13.1. The van der Waals surface area contributed by atoms with Gasteiger partial charge in [0.1, 0.15) is 0 Å². The molecular formula is C20H28ClN5O2. The van der Waals surface area contributed by atoms with Crippen molar-refractivity contribution in [2.75, 3.05) is 25.0 Å². The van der Waals surface area contributed by atoms with Crippen molar-refractivity contribution in [1.29, 1.82) is 0 Å². The highest BCUT2D eigenvalue weighted by molar-refractivity contribution is 5.85. The van der Waals surface area contributed by atoms with Gasteiger partial charge in [0.05, 0.1) is 6.54 Å². The van der Waals surface area contributed by atoms with Gasteiger partial charge in [0, 0.05) is 51.3 Å². The van der Waals surface area contributed by atoms with Crippen molar-refractivity contribution in [2.45, 2.75) is 52.2 Å². The van der Waals surface area contributed by atoms with Crippen LogP contribution in [0.1, 0.15) is 43.1 Å². The van der Waals surface area contributed by atoms with Crippen LogP contribution in [0.25, 0.3) is 0 Å². The summed E-state index contributed by atoms with van der Waals surface area (Å²) < 4.78 is 5.18. The van der Waals surface area contributed by atoms with Gasteiger partial charge in [-0.3, -0.25) is 9.69 Å². The standard InChI is InChI=1S/C20H27N5O2.ClH/c1-3-19-22-18(23-27-19)13-25(14(2)26)17-8-10-24(12-17)11-16-6-4-5-15-7-9-21-20(15)16;/h4-6,17,21H,3,7-13H2,1-2H3;1H. The first kappa shape index (κ1) is 20.6. The molecule has 1 aromatic carbocycles. The molecule has 8 heteroatoms. The summed E-state index contributed by atoms with van der Waals surface area (Å²) >= 11 is 0. The Labute approximate surface area is 171 Å². The monoisotopic (exact) mass is 405 g/mol. The summed E-state index contributed by atoms with van der Waals surface area (Å²) in [5.74, 6) is 1.27. The van der Waals surface area contributed by atoms with E-state index in [1.165, 1.54) is 16.8 Å². The third-order valence-electron chi connectivity index (χ3n) is 5.54. The zero-order valence-corrected chi connectivity index (χ0v) is 17.3. The van der Waals surface area contributed by atoms with Crippen molar-refractivity contribution in [3.63, 3.8) is 0 Å². The van der Waals surface area contributed by atoms with E-state index in [4.69, 9.17) is 4.52 Å². The Bertz CT molecular complexity index is 825. The molecule has 1 atom stereocenters. The smallest absolute Gasteiger partial charge is 0.226 e. The maximum absolute atomic E-state index is 12.2. The molecule has 4 rings (SSSR count). The van der Waals surface area contributed by atoms with Crippen molar-refractivity contribution in [2.24, 2.45) is 0 Å². The number of amides is 1. The van der Waals surface area contributed by atoms with Gasteiger partial charge in [-0.1, -0.05) is 30.3 Å². The van der Waals surface area contributed by atoms with Gasteiger partial charge < -0.3 is 14.7 Å². The van der Waals surface area contributed by atoms with E-state index in [0.29, 0.717) is 24.7 Å². The van der Waals surface area contributed by atoms with Crippen LogP contribution in [-0.2, 0) is 30.7 Å². The second-order valence-corrected chi connectivity index (χ2v) is 7.41. The zero-order valence-electron chi connectivity index (χ0n) is 16.5. The van der Waals surface area contributed by atoms with Crippen molar-refractivity contribution in [1.82, 2.24) is 19.9 Å². The molecule has 2 aliphatic heterocycles. The second-order valence-electron chi connectivity index (χ2n) is 7.41. The largest absolute Gasteiger partial charge is 0.384 e. The summed E-state index contributed by atoms with van der Waals surface area (Å²) in [5, 5.41) is 7.52. The van der Waals surface area contributed by atoms with Gasteiger partial charge in [-0.15, -0.1) is 12.4 Å². The molecule has 152 valence electrons. The Morgan fingerprint density at radius 1 is 1.43 bits per heavy atom. The van der Waals surface area contributed by atoms with Crippen LogP contribution < -0.4 is 5.32 Å². The van der Waals surface area contributed by atoms with E-state index in [1.807, 2.05) is 11.8 Å². The third kappa shape index (κ3) is 4.31. The maximum atomic E-state index is 12.2. The van der Waals surface area contributed by atoms with E-state index >= 15 is 0 Å². The van der Waals surface area contributed by atoms with E-state index in [1.54, 1.807) is 6.92 Å². The van der Waals surface area contributed by atoms with Gasteiger partial charge in [-0.2, -0.15) is 4.98 Å². The van der Waals surface area contributed by atoms with Crippen LogP contribution in [0.4, 0.5) is 5.69 Å². The summed E-state index contributed by atoms with van der Waals surface area (Å²) in [4.78, 5) is 20.9. The van der Waals surface area contributed by atoms with Gasteiger partial charge in [-0.25, -0.2) is 0 Å². The Kier molecular flexibility index (Phi) is 6.57. The van der Waals surface area contributed by atoms with Gasteiger partial charge in [-0.05, 0) is 24.0 Å². The maximum Gasteiger partial charge on any atom is 0.226 e. The van der Waals surface area contributed by atoms with Crippen LogP contribution in [0.3, 0.4) is 0 Å². The van der Waals surface area contributed by atoms with Crippen LogP contribution in [0.5, 0.6) is 0 Å².